The number of nitrogens with zero attached hydrogens (tertiary/aromatic N) is 3. The van der Waals surface area contributed by atoms with Crippen LogP contribution in [-0.2, 0) is 33.6 Å². The van der Waals surface area contributed by atoms with E-state index < -0.39 is 12.0 Å². The Bertz CT molecular complexity index is 918. The zero-order chi connectivity index (χ0) is 20.9. The number of para-hydroxylation sites is 1. The first kappa shape index (κ1) is 20.5. The van der Waals surface area contributed by atoms with E-state index in [-0.39, 0.29) is 24.6 Å². The molecule has 158 valence electrons. The molecule has 2 aliphatic rings. The Hall–Kier alpha value is -2.74. The first-order valence-electron chi connectivity index (χ1n) is 10.5. The molecule has 1 aromatic heterocycles. The van der Waals surface area contributed by atoms with Crippen molar-refractivity contribution in [3.63, 3.8) is 0 Å². The van der Waals surface area contributed by atoms with Crippen LogP contribution in [0.15, 0.2) is 35.4 Å². The number of hydrogen-bond donors (Lipinski definition) is 1. The molecule has 1 aliphatic heterocycles. The number of anilines is 1. The standard InChI is InChI=1S/C22H26N4O3S/c1-2-29-22(28)17-14-18(26(25-17)15-8-4-3-5-9-15)21(27)23-13-12-20-24-16-10-6-7-11-19(16)30-20/h3-5,8-9,18H,2,6-7,10-14H2,1H3,(H,23,27). The Labute approximate surface area is 180 Å². The summed E-state index contributed by atoms with van der Waals surface area (Å²) in [6, 6.07) is 8.84. The Balaban J connectivity index is 1.40. The van der Waals surface area contributed by atoms with Crippen LogP contribution in [0.3, 0.4) is 0 Å². The number of ether oxygens (including phenoxy) is 1. The second-order valence-corrected chi connectivity index (χ2v) is 8.56. The molecule has 1 amide bonds. The fraction of sp³-hybridized carbons (Fsp3) is 0.455. The highest BCUT2D eigenvalue weighted by molar-refractivity contribution is 7.11. The first-order valence-corrected chi connectivity index (χ1v) is 11.3. The molecule has 1 aliphatic carbocycles. The topological polar surface area (TPSA) is 83.9 Å². The van der Waals surface area contributed by atoms with E-state index in [1.54, 1.807) is 23.3 Å². The monoisotopic (exact) mass is 426 g/mol. The first-order chi connectivity index (χ1) is 14.7. The number of hydrogen-bond acceptors (Lipinski definition) is 7. The van der Waals surface area contributed by atoms with Crippen LogP contribution < -0.4 is 10.3 Å². The minimum Gasteiger partial charge on any atom is -0.461 e. The molecular weight excluding hydrogens is 400 g/mol. The lowest BCUT2D eigenvalue weighted by Crippen LogP contribution is -2.43. The summed E-state index contributed by atoms with van der Waals surface area (Å²) < 4.78 is 5.08. The van der Waals surface area contributed by atoms with Crippen LogP contribution in [0.1, 0.15) is 41.8 Å². The summed E-state index contributed by atoms with van der Waals surface area (Å²) in [5, 5.41) is 10.1. The Morgan fingerprint density at radius 1 is 1.23 bits per heavy atom. The van der Waals surface area contributed by atoms with E-state index >= 15 is 0 Å². The summed E-state index contributed by atoms with van der Waals surface area (Å²) in [4.78, 5) is 31.3. The second-order valence-electron chi connectivity index (χ2n) is 7.39. The lowest BCUT2D eigenvalue weighted by Gasteiger charge is -2.22. The molecule has 8 heteroatoms. The van der Waals surface area contributed by atoms with Gasteiger partial charge in [-0.15, -0.1) is 11.3 Å². The van der Waals surface area contributed by atoms with Gasteiger partial charge in [0.25, 0.3) is 0 Å². The fourth-order valence-electron chi connectivity index (χ4n) is 3.79. The SMILES string of the molecule is CCOC(=O)C1=NN(c2ccccc2)C(C(=O)NCCc2nc3c(s2)CCCC3)C1. The van der Waals surface area contributed by atoms with E-state index in [1.807, 2.05) is 30.3 Å². The molecule has 4 rings (SSSR count). The van der Waals surface area contributed by atoms with Crippen LogP contribution in [0, 0.1) is 0 Å². The van der Waals surface area contributed by atoms with Gasteiger partial charge < -0.3 is 10.1 Å². The second kappa shape index (κ2) is 9.38. The number of thiazole rings is 1. The van der Waals surface area contributed by atoms with Crippen molar-refractivity contribution in [1.82, 2.24) is 10.3 Å². The molecule has 1 atom stereocenters. The number of rotatable bonds is 7. The molecule has 0 fully saturated rings. The van der Waals surface area contributed by atoms with Crippen molar-refractivity contribution >= 4 is 34.6 Å². The number of fused-ring (bicyclic) bond motifs is 1. The summed E-state index contributed by atoms with van der Waals surface area (Å²) in [6.45, 7) is 2.54. The van der Waals surface area contributed by atoms with Crippen molar-refractivity contribution in [3.8, 4) is 0 Å². The van der Waals surface area contributed by atoms with Crippen molar-refractivity contribution in [3.05, 3.63) is 45.9 Å². The number of nitrogens with one attached hydrogen (secondary N) is 1. The molecule has 0 spiro atoms. The summed E-state index contributed by atoms with van der Waals surface area (Å²) in [6.07, 6.45) is 5.60. The largest absolute Gasteiger partial charge is 0.461 e. The molecule has 2 heterocycles. The minimum atomic E-state index is -0.573. The van der Waals surface area contributed by atoms with Crippen molar-refractivity contribution in [2.75, 3.05) is 18.2 Å². The predicted molar refractivity (Wildman–Crippen MR) is 117 cm³/mol. The average Bonchev–Trinajstić information content (AvgIpc) is 3.39. The number of amides is 1. The smallest absolute Gasteiger partial charge is 0.354 e. The molecule has 0 bridgehead atoms. The van der Waals surface area contributed by atoms with Crippen molar-refractivity contribution in [1.29, 1.82) is 0 Å². The summed E-state index contributed by atoms with van der Waals surface area (Å²) in [5.74, 6) is -0.620. The number of aromatic nitrogens is 1. The van der Waals surface area contributed by atoms with Gasteiger partial charge in [0, 0.05) is 24.3 Å². The van der Waals surface area contributed by atoms with Gasteiger partial charge in [-0.25, -0.2) is 9.78 Å². The van der Waals surface area contributed by atoms with Gasteiger partial charge in [-0.2, -0.15) is 5.10 Å². The van der Waals surface area contributed by atoms with E-state index in [9.17, 15) is 9.59 Å². The van der Waals surface area contributed by atoms with E-state index in [0.29, 0.717) is 13.0 Å². The van der Waals surface area contributed by atoms with Gasteiger partial charge in [0.2, 0.25) is 5.91 Å². The van der Waals surface area contributed by atoms with Crippen molar-refractivity contribution in [2.24, 2.45) is 5.10 Å². The number of esters is 1. The number of benzene rings is 1. The maximum Gasteiger partial charge on any atom is 0.354 e. The Kier molecular flexibility index (Phi) is 6.42. The maximum absolute atomic E-state index is 12.9. The number of hydrazone groups is 1. The highest BCUT2D eigenvalue weighted by Gasteiger charge is 2.36. The fourth-order valence-corrected chi connectivity index (χ4v) is 4.95. The summed E-state index contributed by atoms with van der Waals surface area (Å²) in [7, 11) is 0. The van der Waals surface area contributed by atoms with Crippen LogP contribution in [0.4, 0.5) is 5.69 Å². The van der Waals surface area contributed by atoms with E-state index in [4.69, 9.17) is 9.72 Å². The summed E-state index contributed by atoms with van der Waals surface area (Å²) in [5.41, 5.74) is 2.28. The molecule has 7 nitrogen and oxygen atoms in total. The molecule has 0 radical (unpaired) electrons. The van der Waals surface area contributed by atoms with Crippen LogP contribution >= 0.6 is 11.3 Å². The highest BCUT2D eigenvalue weighted by atomic mass is 32.1. The number of carbonyl (C=O) groups is 2. The normalized spacial score (nSPS) is 18.0. The maximum atomic E-state index is 12.9. The van der Waals surface area contributed by atoms with Gasteiger partial charge in [-0.05, 0) is 44.7 Å². The van der Waals surface area contributed by atoms with Crippen LogP contribution in [-0.4, -0.2) is 41.8 Å². The van der Waals surface area contributed by atoms with Gasteiger partial charge in [0.1, 0.15) is 11.8 Å². The quantitative estimate of drug-likeness (QED) is 0.689. The zero-order valence-corrected chi connectivity index (χ0v) is 17.9. The molecule has 0 saturated heterocycles. The lowest BCUT2D eigenvalue weighted by molar-refractivity contribution is -0.135. The molecule has 30 heavy (non-hydrogen) atoms. The Morgan fingerprint density at radius 2 is 2.03 bits per heavy atom. The van der Waals surface area contributed by atoms with Crippen molar-refractivity contribution in [2.45, 2.75) is 51.5 Å². The van der Waals surface area contributed by atoms with E-state index in [2.05, 4.69) is 10.4 Å². The van der Waals surface area contributed by atoms with Crippen LogP contribution in [0.5, 0.6) is 0 Å². The predicted octanol–water partition coefficient (Wildman–Crippen LogP) is 2.88. The molecule has 1 unspecified atom stereocenters. The summed E-state index contributed by atoms with van der Waals surface area (Å²) >= 11 is 1.77. The molecule has 1 aromatic carbocycles. The average molecular weight is 427 g/mol. The van der Waals surface area contributed by atoms with Gasteiger partial charge in [0.15, 0.2) is 0 Å². The van der Waals surface area contributed by atoms with Gasteiger partial charge in [0.05, 0.1) is 23.0 Å². The van der Waals surface area contributed by atoms with Gasteiger partial charge in [-0.3, -0.25) is 9.80 Å². The van der Waals surface area contributed by atoms with Gasteiger partial charge >= 0.3 is 5.97 Å². The number of aryl methyl sites for hydroxylation is 2. The molecule has 0 saturated carbocycles. The zero-order valence-electron chi connectivity index (χ0n) is 17.1. The lowest BCUT2D eigenvalue weighted by atomic mass is 10.0. The highest BCUT2D eigenvalue weighted by Crippen LogP contribution is 2.27. The van der Waals surface area contributed by atoms with Crippen LogP contribution in [0.25, 0.3) is 0 Å². The minimum absolute atomic E-state index is 0.150. The third-order valence-electron chi connectivity index (χ3n) is 5.27. The van der Waals surface area contributed by atoms with Crippen LogP contribution in [0.2, 0.25) is 0 Å². The van der Waals surface area contributed by atoms with E-state index in [1.165, 1.54) is 23.4 Å². The molecule has 1 N–H and O–H groups in total. The van der Waals surface area contributed by atoms with Gasteiger partial charge in [-0.1, -0.05) is 18.2 Å². The van der Waals surface area contributed by atoms with Crippen molar-refractivity contribution < 1.29 is 14.3 Å². The molecular formula is C22H26N4O3S. The Morgan fingerprint density at radius 3 is 2.80 bits per heavy atom. The van der Waals surface area contributed by atoms with E-state index in [0.717, 1.165) is 23.5 Å². The third kappa shape index (κ3) is 4.53. The third-order valence-corrected chi connectivity index (χ3v) is 6.49. The number of carbonyl (C=O) groups excluding carboxylic acids is 2. The molecule has 2 aromatic rings.